The number of rotatable bonds is 7. The zero-order valence-electron chi connectivity index (χ0n) is 15.5. The molecule has 0 fully saturated rings. The van der Waals surface area contributed by atoms with E-state index in [1.54, 1.807) is 12.5 Å². The van der Waals surface area contributed by atoms with Gasteiger partial charge in [-0.25, -0.2) is 0 Å². The van der Waals surface area contributed by atoms with E-state index < -0.39 is 10.8 Å². The molecule has 0 N–H and O–H groups in total. The van der Waals surface area contributed by atoms with Gasteiger partial charge in [-0.2, -0.15) is 0 Å². The lowest BCUT2D eigenvalue weighted by Crippen LogP contribution is -1.99. The molecule has 0 aliphatic rings. The van der Waals surface area contributed by atoms with Crippen molar-refractivity contribution in [1.82, 2.24) is 0 Å². The molecule has 0 bridgehead atoms. The maximum absolute atomic E-state index is 11.9. The standard InChI is InChI=1S/C21H21BrO3S2/c1-4-14-5-6-16(12-20(26-2)27(3)23)19(11-14)25-13-15-9-17-7-8-24-21(17)18(22)10-15/h5-12H,4,13H2,1-3H3. The van der Waals surface area contributed by atoms with Crippen molar-refractivity contribution in [2.24, 2.45) is 0 Å². The predicted octanol–water partition coefficient (Wildman–Crippen LogP) is 6.38. The van der Waals surface area contributed by atoms with E-state index in [4.69, 9.17) is 9.15 Å². The molecule has 1 heterocycles. The van der Waals surface area contributed by atoms with Crippen molar-refractivity contribution in [2.75, 3.05) is 12.5 Å². The van der Waals surface area contributed by atoms with Crippen LogP contribution in [-0.4, -0.2) is 16.7 Å². The molecule has 1 unspecified atom stereocenters. The van der Waals surface area contributed by atoms with E-state index in [0.29, 0.717) is 6.61 Å². The Labute approximate surface area is 174 Å². The van der Waals surface area contributed by atoms with E-state index in [2.05, 4.69) is 41.1 Å². The summed E-state index contributed by atoms with van der Waals surface area (Å²) in [5.41, 5.74) is 4.04. The van der Waals surface area contributed by atoms with E-state index in [1.165, 1.54) is 17.3 Å². The Morgan fingerprint density at radius 1 is 1.26 bits per heavy atom. The highest BCUT2D eigenvalue weighted by Gasteiger charge is 2.09. The van der Waals surface area contributed by atoms with Crippen molar-refractivity contribution in [3.63, 3.8) is 0 Å². The van der Waals surface area contributed by atoms with Gasteiger partial charge in [0, 0.05) is 17.2 Å². The van der Waals surface area contributed by atoms with Crippen LogP contribution in [0.5, 0.6) is 5.75 Å². The molecule has 0 aliphatic carbocycles. The second-order valence-electron chi connectivity index (χ2n) is 6.05. The van der Waals surface area contributed by atoms with Crippen molar-refractivity contribution in [3.8, 4) is 5.75 Å². The monoisotopic (exact) mass is 464 g/mol. The number of thioether (sulfide) groups is 1. The molecule has 0 amide bonds. The fourth-order valence-corrected chi connectivity index (χ4v) is 4.86. The summed E-state index contributed by atoms with van der Waals surface area (Å²) < 4.78 is 25.3. The lowest BCUT2D eigenvalue weighted by atomic mass is 10.1. The van der Waals surface area contributed by atoms with Gasteiger partial charge in [0.15, 0.2) is 0 Å². The van der Waals surface area contributed by atoms with Gasteiger partial charge in [-0.15, -0.1) is 11.8 Å². The number of fused-ring (bicyclic) bond motifs is 1. The highest BCUT2D eigenvalue weighted by Crippen LogP contribution is 2.30. The molecule has 0 aliphatic heterocycles. The fraction of sp³-hybridized carbons (Fsp3) is 0.238. The van der Waals surface area contributed by atoms with E-state index in [9.17, 15) is 4.21 Å². The van der Waals surface area contributed by atoms with Crippen molar-refractivity contribution >= 4 is 55.5 Å². The van der Waals surface area contributed by atoms with Crippen molar-refractivity contribution in [3.05, 3.63) is 68.1 Å². The Balaban J connectivity index is 1.91. The van der Waals surface area contributed by atoms with Crippen LogP contribution >= 0.6 is 27.7 Å². The highest BCUT2D eigenvalue weighted by molar-refractivity contribution is 9.10. The SMILES string of the molecule is CCc1ccc(C=C(SC)S(C)=O)c(OCc2cc(Br)c3occc3c2)c1. The van der Waals surface area contributed by atoms with Crippen LogP contribution in [0.2, 0.25) is 0 Å². The van der Waals surface area contributed by atoms with Crippen LogP contribution in [0.25, 0.3) is 17.0 Å². The van der Waals surface area contributed by atoms with Crippen molar-refractivity contribution in [1.29, 1.82) is 0 Å². The predicted molar refractivity (Wildman–Crippen MR) is 120 cm³/mol. The quantitative estimate of drug-likeness (QED) is 0.406. The number of hydrogen-bond acceptors (Lipinski definition) is 4. The first-order chi connectivity index (χ1) is 13.0. The van der Waals surface area contributed by atoms with E-state index in [1.807, 2.05) is 30.5 Å². The molecule has 0 saturated carbocycles. The molecule has 142 valence electrons. The van der Waals surface area contributed by atoms with Gasteiger partial charge in [-0.05, 0) is 70.1 Å². The first-order valence-electron chi connectivity index (χ1n) is 8.52. The van der Waals surface area contributed by atoms with Crippen LogP contribution in [0, 0.1) is 0 Å². The number of ether oxygens (including phenoxy) is 1. The van der Waals surface area contributed by atoms with Crippen LogP contribution in [0.1, 0.15) is 23.6 Å². The maximum Gasteiger partial charge on any atom is 0.148 e. The van der Waals surface area contributed by atoms with Gasteiger partial charge in [-0.1, -0.05) is 19.1 Å². The Hall–Kier alpha value is -1.50. The molecule has 0 radical (unpaired) electrons. The molecule has 27 heavy (non-hydrogen) atoms. The average molecular weight is 465 g/mol. The summed E-state index contributed by atoms with van der Waals surface area (Å²) in [6.07, 6.45) is 8.20. The van der Waals surface area contributed by atoms with Gasteiger partial charge in [0.25, 0.3) is 0 Å². The highest BCUT2D eigenvalue weighted by atomic mass is 79.9. The van der Waals surface area contributed by atoms with Crippen LogP contribution in [0.3, 0.4) is 0 Å². The topological polar surface area (TPSA) is 39.4 Å². The number of benzene rings is 2. The first kappa shape index (κ1) is 20.2. The molecule has 0 spiro atoms. The van der Waals surface area contributed by atoms with E-state index >= 15 is 0 Å². The number of aryl methyl sites for hydroxylation is 1. The largest absolute Gasteiger partial charge is 0.488 e. The minimum atomic E-state index is -1.02. The van der Waals surface area contributed by atoms with Crippen LogP contribution in [0.4, 0.5) is 0 Å². The summed E-state index contributed by atoms with van der Waals surface area (Å²) in [6.45, 7) is 2.56. The van der Waals surface area contributed by atoms with Gasteiger partial charge in [0.2, 0.25) is 0 Å². The summed E-state index contributed by atoms with van der Waals surface area (Å²) in [5.74, 6) is 0.801. The Morgan fingerprint density at radius 3 is 2.78 bits per heavy atom. The van der Waals surface area contributed by atoms with Gasteiger partial charge in [-0.3, -0.25) is 4.21 Å². The third-order valence-electron chi connectivity index (χ3n) is 4.20. The van der Waals surface area contributed by atoms with Crippen LogP contribution < -0.4 is 4.74 Å². The third-order valence-corrected chi connectivity index (χ3v) is 7.20. The smallest absolute Gasteiger partial charge is 0.148 e. The number of furan rings is 1. The van der Waals surface area contributed by atoms with E-state index in [-0.39, 0.29) is 0 Å². The Bertz CT molecular complexity index is 1010. The van der Waals surface area contributed by atoms with Crippen LogP contribution in [0.15, 0.2) is 55.8 Å². The molecule has 3 rings (SSSR count). The van der Waals surface area contributed by atoms with Gasteiger partial charge in [0.05, 0.1) is 25.8 Å². The summed E-state index contributed by atoms with van der Waals surface area (Å²) in [6, 6.07) is 12.2. The maximum atomic E-state index is 11.9. The molecule has 0 saturated heterocycles. The molecule has 2 aromatic carbocycles. The summed E-state index contributed by atoms with van der Waals surface area (Å²) >= 11 is 5.05. The number of halogens is 1. The minimum Gasteiger partial charge on any atom is -0.488 e. The zero-order valence-corrected chi connectivity index (χ0v) is 18.7. The van der Waals surface area contributed by atoms with Crippen LogP contribution in [-0.2, 0) is 23.8 Å². The van der Waals surface area contributed by atoms with Crippen molar-refractivity contribution < 1.29 is 13.4 Å². The lowest BCUT2D eigenvalue weighted by molar-refractivity contribution is 0.305. The minimum absolute atomic E-state index is 0.442. The Kier molecular flexibility index (Phi) is 6.84. The third kappa shape index (κ3) is 4.86. The average Bonchev–Trinajstić information content (AvgIpc) is 3.13. The molecule has 1 atom stereocenters. The summed E-state index contributed by atoms with van der Waals surface area (Å²) in [4.78, 5) is 0. The first-order valence-corrected chi connectivity index (χ1v) is 12.1. The van der Waals surface area contributed by atoms with E-state index in [0.717, 1.165) is 43.0 Å². The van der Waals surface area contributed by atoms with Gasteiger partial charge >= 0.3 is 0 Å². The normalized spacial score (nSPS) is 13.1. The second-order valence-corrected chi connectivity index (χ2v) is 9.36. The molecular formula is C21H21BrO3S2. The molecule has 3 aromatic rings. The summed E-state index contributed by atoms with van der Waals surface area (Å²) in [7, 11) is -1.02. The number of hydrogen-bond donors (Lipinski definition) is 0. The molecule has 1 aromatic heterocycles. The van der Waals surface area contributed by atoms with Gasteiger partial charge < -0.3 is 9.15 Å². The summed E-state index contributed by atoms with van der Waals surface area (Å²) in [5, 5.41) is 1.04. The van der Waals surface area contributed by atoms with Crippen molar-refractivity contribution in [2.45, 2.75) is 20.0 Å². The lowest BCUT2D eigenvalue weighted by Gasteiger charge is -2.12. The Morgan fingerprint density at radius 2 is 2.07 bits per heavy atom. The zero-order chi connectivity index (χ0) is 19.4. The molecule has 3 nitrogen and oxygen atoms in total. The fourth-order valence-electron chi connectivity index (χ4n) is 2.77. The second kappa shape index (κ2) is 9.13. The van der Waals surface area contributed by atoms with Gasteiger partial charge in [0.1, 0.15) is 17.9 Å². The molecular weight excluding hydrogens is 444 g/mol. The molecule has 6 heteroatoms.